The molecule has 12 heteroatoms. The van der Waals surface area contributed by atoms with Gasteiger partial charge in [0.2, 0.25) is 5.91 Å². The Labute approximate surface area is 256 Å². The van der Waals surface area contributed by atoms with Gasteiger partial charge >= 0.3 is 12.4 Å². The first-order valence-corrected chi connectivity index (χ1v) is 14.9. The number of carbonyl (C=O) groups excluding carboxylic acids is 2. The van der Waals surface area contributed by atoms with Crippen molar-refractivity contribution in [1.29, 1.82) is 0 Å². The first kappa shape index (κ1) is 32.6. The van der Waals surface area contributed by atoms with Crippen molar-refractivity contribution < 1.29 is 45.1 Å². The first-order chi connectivity index (χ1) is 21.3. The minimum absolute atomic E-state index is 0.00839. The van der Waals surface area contributed by atoms with Gasteiger partial charge in [0, 0.05) is 31.0 Å². The molecule has 0 bridgehead atoms. The quantitative estimate of drug-likeness (QED) is 0.269. The molecule has 0 radical (unpaired) electrons. The van der Waals surface area contributed by atoms with Gasteiger partial charge in [-0.3, -0.25) is 9.59 Å². The number of amides is 2. The Balaban J connectivity index is 1.27. The van der Waals surface area contributed by atoms with Crippen LogP contribution in [0.3, 0.4) is 0 Å². The molecule has 2 amide bonds. The topological polar surface area (TPSA) is 71.8 Å². The fourth-order valence-electron chi connectivity index (χ4n) is 6.28. The Kier molecular flexibility index (Phi) is 9.62. The van der Waals surface area contributed by atoms with Gasteiger partial charge < -0.3 is 19.4 Å². The average Bonchev–Trinajstić information content (AvgIpc) is 3.56. The molecular weight excluding hydrogens is 602 g/mol. The number of piperidine rings is 1. The van der Waals surface area contributed by atoms with Crippen LogP contribution >= 0.6 is 0 Å². The van der Waals surface area contributed by atoms with Gasteiger partial charge in [0.25, 0.3) is 5.91 Å². The third-order valence-corrected chi connectivity index (χ3v) is 8.70. The molecule has 1 aromatic heterocycles. The van der Waals surface area contributed by atoms with E-state index < -0.39 is 35.7 Å². The molecule has 2 aromatic carbocycles. The van der Waals surface area contributed by atoms with Gasteiger partial charge in [-0.1, -0.05) is 30.3 Å². The van der Waals surface area contributed by atoms with Crippen LogP contribution in [-0.4, -0.2) is 41.9 Å². The van der Waals surface area contributed by atoms with Gasteiger partial charge in [-0.25, -0.2) is 0 Å². The molecule has 1 saturated carbocycles. The Bertz CT molecular complexity index is 1420. The standard InChI is InChI=1S/C33H34F6N2O4/c1-20(23-16-24(32(34,35)36)18-25(17-23)33(37,38)39)45-28-13-14-41(19-27(28)21-6-3-2-4-7-21)31(43)22-9-11-26(12-10-22)40-30(42)29-8-5-15-44-29/h2-8,15-18,20,22,26-28H,9-14,19H2,1H3,(H,40,42)/t20-,22?,26?,27+,28+/m1/s1. The lowest BCUT2D eigenvalue weighted by atomic mass is 9.83. The van der Waals surface area contributed by atoms with Crippen LogP contribution in [0.15, 0.2) is 71.3 Å². The second-order valence-corrected chi connectivity index (χ2v) is 11.7. The normalized spacial score (nSPS) is 23.4. The van der Waals surface area contributed by atoms with Crippen molar-refractivity contribution in [2.75, 3.05) is 13.1 Å². The lowest BCUT2D eigenvalue weighted by molar-refractivity contribution is -0.143. The maximum absolute atomic E-state index is 13.6. The number of benzene rings is 2. The van der Waals surface area contributed by atoms with Gasteiger partial charge in [-0.2, -0.15) is 26.3 Å². The summed E-state index contributed by atoms with van der Waals surface area (Å²) in [6.07, 6.45) is -7.28. The van der Waals surface area contributed by atoms with E-state index in [1.165, 1.54) is 13.2 Å². The van der Waals surface area contributed by atoms with E-state index in [0.29, 0.717) is 57.3 Å². The SMILES string of the molecule is C[C@@H](O[C@H]1CCN(C(=O)C2CCC(NC(=O)c3ccco3)CC2)C[C@H]1c1ccccc1)c1cc(C(F)(F)F)cc(C(F)(F)F)c1. The van der Waals surface area contributed by atoms with Crippen LogP contribution in [0.5, 0.6) is 0 Å². The smallest absolute Gasteiger partial charge is 0.416 e. The molecule has 242 valence electrons. The van der Waals surface area contributed by atoms with Gasteiger partial charge in [-0.15, -0.1) is 0 Å². The van der Waals surface area contributed by atoms with E-state index in [4.69, 9.17) is 9.15 Å². The van der Waals surface area contributed by atoms with E-state index >= 15 is 0 Å². The van der Waals surface area contributed by atoms with Crippen LogP contribution in [-0.2, 0) is 21.9 Å². The van der Waals surface area contributed by atoms with Gasteiger partial charge in [0.1, 0.15) is 0 Å². The molecule has 1 aliphatic carbocycles. The number of furan rings is 1. The molecule has 1 saturated heterocycles. The average molecular weight is 637 g/mol. The maximum Gasteiger partial charge on any atom is 0.416 e. The van der Waals surface area contributed by atoms with Crippen LogP contribution in [0.1, 0.15) is 83.9 Å². The monoisotopic (exact) mass is 636 g/mol. The molecule has 2 fully saturated rings. The summed E-state index contributed by atoms with van der Waals surface area (Å²) in [5.74, 6) is -0.639. The minimum Gasteiger partial charge on any atom is -0.459 e. The van der Waals surface area contributed by atoms with Crippen molar-refractivity contribution in [2.24, 2.45) is 5.92 Å². The molecule has 6 nitrogen and oxygen atoms in total. The van der Waals surface area contributed by atoms with E-state index in [0.717, 1.165) is 5.56 Å². The number of hydrogen-bond acceptors (Lipinski definition) is 4. The lowest BCUT2D eigenvalue weighted by Crippen LogP contribution is -2.49. The number of nitrogens with zero attached hydrogens (tertiary/aromatic N) is 1. The predicted octanol–water partition coefficient (Wildman–Crippen LogP) is 7.77. The summed E-state index contributed by atoms with van der Waals surface area (Å²) >= 11 is 0. The number of halogens is 6. The fraction of sp³-hybridized carbons (Fsp3) is 0.455. The molecule has 1 aliphatic heterocycles. The molecule has 1 N–H and O–H groups in total. The Morgan fingerprint density at radius 2 is 1.53 bits per heavy atom. The van der Waals surface area contributed by atoms with Crippen LogP contribution in [0.25, 0.3) is 0 Å². The van der Waals surface area contributed by atoms with E-state index in [-0.39, 0.29) is 47.1 Å². The lowest BCUT2D eigenvalue weighted by Gasteiger charge is -2.41. The van der Waals surface area contributed by atoms with Crippen molar-refractivity contribution in [2.45, 2.75) is 75.5 Å². The van der Waals surface area contributed by atoms with Crippen molar-refractivity contribution in [3.05, 3.63) is 94.9 Å². The van der Waals surface area contributed by atoms with Crippen molar-refractivity contribution in [3.63, 3.8) is 0 Å². The second-order valence-electron chi connectivity index (χ2n) is 11.7. The highest BCUT2D eigenvalue weighted by Crippen LogP contribution is 2.40. The molecule has 45 heavy (non-hydrogen) atoms. The van der Waals surface area contributed by atoms with Crippen LogP contribution < -0.4 is 5.32 Å². The minimum atomic E-state index is -4.96. The highest BCUT2D eigenvalue weighted by atomic mass is 19.4. The number of rotatable bonds is 7. The first-order valence-electron chi connectivity index (χ1n) is 14.9. The Hall–Kier alpha value is -3.80. The number of nitrogens with one attached hydrogen (secondary N) is 1. The zero-order valence-corrected chi connectivity index (χ0v) is 24.5. The zero-order chi connectivity index (χ0) is 32.4. The third kappa shape index (κ3) is 7.89. The molecule has 2 aliphatic rings. The number of likely N-dealkylation sites (tertiary alicyclic amines) is 1. The number of ether oxygens (including phenoxy) is 1. The highest BCUT2D eigenvalue weighted by molar-refractivity contribution is 5.91. The maximum atomic E-state index is 13.6. The van der Waals surface area contributed by atoms with Crippen LogP contribution in [0, 0.1) is 5.92 Å². The number of carbonyl (C=O) groups is 2. The van der Waals surface area contributed by atoms with E-state index in [9.17, 15) is 35.9 Å². The van der Waals surface area contributed by atoms with Crippen molar-refractivity contribution in [3.8, 4) is 0 Å². The summed E-state index contributed by atoms with van der Waals surface area (Å²) in [6.45, 7) is 2.08. The Morgan fingerprint density at radius 1 is 0.889 bits per heavy atom. The largest absolute Gasteiger partial charge is 0.459 e. The van der Waals surface area contributed by atoms with E-state index in [2.05, 4.69) is 5.32 Å². The molecular formula is C33H34F6N2O4. The van der Waals surface area contributed by atoms with E-state index in [1.807, 2.05) is 30.3 Å². The summed E-state index contributed by atoms with van der Waals surface area (Å²) in [5.41, 5.74) is -2.15. The summed E-state index contributed by atoms with van der Waals surface area (Å²) in [6, 6.07) is 13.9. The van der Waals surface area contributed by atoms with Gasteiger partial charge in [0.15, 0.2) is 5.76 Å². The van der Waals surface area contributed by atoms with Gasteiger partial charge in [0.05, 0.1) is 29.6 Å². The van der Waals surface area contributed by atoms with Crippen LogP contribution in [0.4, 0.5) is 26.3 Å². The summed E-state index contributed by atoms with van der Waals surface area (Å²) in [7, 11) is 0. The molecule has 3 atom stereocenters. The molecule has 5 rings (SSSR count). The van der Waals surface area contributed by atoms with Crippen LogP contribution in [0.2, 0.25) is 0 Å². The number of alkyl halides is 6. The summed E-state index contributed by atoms with van der Waals surface area (Å²) in [5, 5.41) is 2.95. The second kappa shape index (κ2) is 13.3. The zero-order valence-electron chi connectivity index (χ0n) is 24.5. The molecule has 0 spiro atoms. The van der Waals surface area contributed by atoms with Gasteiger partial charge in [-0.05, 0) is 80.5 Å². The fourth-order valence-corrected chi connectivity index (χ4v) is 6.28. The Morgan fingerprint density at radius 3 is 2.11 bits per heavy atom. The molecule has 0 unspecified atom stereocenters. The highest BCUT2D eigenvalue weighted by Gasteiger charge is 2.40. The summed E-state index contributed by atoms with van der Waals surface area (Å²) < 4.78 is 92.2. The molecule has 3 aromatic rings. The van der Waals surface area contributed by atoms with Crippen molar-refractivity contribution >= 4 is 11.8 Å². The molecule has 2 heterocycles. The van der Waals surface area contributed by atoms with Crippen molar-refractivity contribution in [1.82, 2.24) is 10.2 Å². The predicted molar refractivity (Wildman–Crippen MR) is 152 cm³/mol. The van der Waals surface area contributed by atoms with E-state index in [1.54, 1.807) is 17.0 Å². The number of hydrogen-bond donors (Lipinski definition) is 1. The third-order valence-electron chi connectivity index (χ3n) is 8.70. The summed E-state index contributed by atoms with van der Waals surface area (Å²) in [4.78, 5) is 27.7.